The van der Waals surface area contributed by atoms with Gasteiger partial charge in [-0.1, -0.05) is 18.2 Å². The van der Waals surface area contributed by atoms with Crippen molar-refractivity contribution in [1.82, 2.24) is 10.2 Å². The molecule has 0 saturated carbocycles. The predicted octanol–water partition coefficient (Wildman–Crippen LogP) is 0.767. The lowest BCUT2D eigenvalue weighted by Crippen LogP contribution is -2.40. The van der Waals surface area contributed by atoms with E-state index in [1.54, 1.807) is 30.3 Å². The number of imide groups is 1. The van der Waals surface area contributed by atoms with E-state index < -0.39 is 24.3 Å². The van der Waals surface area contributed by atoms with Crippen LogP contribution in [0.3, 0.4) is 0 Å². The molecule has 1 heterocycles. The zero-order valence-corrected chi connectivity index (χ0v) is 10.5. The Kier molecular flexibility index (Phi) is 3.37. The molecule has 1 N–H and O–H groups in total. The number of alkyl carbamates (subject to hydrolysis) is 1. The number of amides is 4. The molecular formula is C12H13N3O4. The SMILES string of the molecule is CNC(=O)OC1C(=O)N(C)C(=O)N1c1ccccc1. The van der Waals surface area contributed by atoms with Gasteiger partial charge in [-0.25, -0.2) is 14.5 Å². The zero-order chi connectivity index (χ0) is 14.0. The molecule has 7 nitrogen and oxygen atoms in total. The number of hydrogen-bond acceptors (Lipinski definition) is 4. The van der Waals surface area contributed by atoms with Gasteiger partial charge in [0.2, 0.25) is 0 Å². The first-order chi connectivity index (χ1) is 9.06. The highest BCUT2D eigenvalue weighted by molar-refractivity contribution is 6.13. The second kappa shape index (κ2) is 4.97. The highest BCUT2D eigenvalue weighted by atomic mass is 16.6. The van der Waals surface area contributed by atoms with Gasteiger partial charge in [0, 0.05) is 19.8 Å². The van der Waals surface area contributed by atoms with Crippen LogP contribution in [0.5, 0.6) is 0 Å². The largest absolute Gasteiger partial charge is 0.415 e. The smallest absolute Gasteiger partial charge is 0.409 e. The Morgan fingerprint density at radius 2 is 1.89 bits per heavy atom. The molecule has 19 heavy (non-hydrogen) atoms. The van der Waals surface area contributed by atoms with Crippen LogP contribution in [0.15, 0.2) is 30.3 Å². The number of urea groups is 1. The van der Waals surface area contributed by atoms with Crippen LogP contribution in [0.25, 0.3) is 0 Å². The summed E-state index contributed by atoms with van der Waals surface area (Å²) < 4.78 is 4.94. The van der Waals surface area contributed by atoms with Gasteiger partial charge in [0.1, 0.15) is 0 Å². The Bertz CT molecular complexity index is 517. The summed E-state index contributed by atoms with van der Waals surface area (Å²) in [7, 11) is 2.72. The van der Waals surface area contributed by atoms with E-state index in [1.165, 1.54) is 14.1 Å². The van der Waals surface area contributed by atoms with Gasteiger partial charge in [-0.05, 0) is 12.1 Å². The standard InChI is InChI=1S/C12H13N3O4/c1-13-11(17)19-10-9(16)14(2)12(18)15(10)8-6-4-3-5-7-8/h3-7,10H,1-2H3,(H,13,17). The third-order valence-corrected chi connectivity index (χ3v) is 2.73. The highest BCUT2D eigenvalue weighted by Crippen LogP contribution is 2.25. The highest BCUT2D eigenvalue weighted by Gasteiger charge is 2.46. The van der Waals surface area contributed by atoms with Crippen molar-refractivity contribution in [2.75, 3.05) is 19.0 Å². The van der Waals surface area contributed by atoms with Gasteiger partial charge in [-0.3, -0.25) is 9.69 Å². The van der Waals surface area contributed by atoms with Gasteiger partial charge in [0.25, 0.3) is 12.1 Å². The van der Waals surface area contributed by atoms with Gasteiger partial charge in [-0.15, -0.1) is 0 Å². The van der Waals surface area contributed by atoms with Crippen LogP contribution >= 0.6 is 0 Å². The number of likely N-dealkylation sites (N-methyl/N-ethyl adjacent to an activating group) is 1. The molecule has 1 aliphatic rings. The molecule has 0 bridgehead atoms. The van der Waals surface area contributed by atoms with E-state index >= 15 is 0 Å². The number of hydrogen-bond donors (Lipinski definition) is 1. The summed E-state index contributed by atoms with van der Waals surface area (Å²) in [6.45, 7) is 0. The van der Waals surface area contributed by atoms with Crippen LogP contribution in [-0.4, -0.2) is 43.3 Å². The number of benzene rings is 1. The van der Waals surface area contributed by atoms with Crippen molar-refractivity contribution in [2.45, 2.75) is 6.23 Å². The summed E-state index contributed by atoms with van der Waals surface area (Å²) in [5.74, 6) is -0.586. The van der Waals surface area contributed by atoms with Crippen molar-refractivity contribution >= 4 is 23.7 Å². The molecule has 100 valence electrons. The quantitative estimate of drug-likeness (QED) is 0.799. The van der Waals surface area contributed by atoms with Crippen molar-refractivity contribution in [1.29, 1.82) is 0 Å². The first kappa shape index (κ1) is 12.9. The van der Waals surface area contributed by atoms with Gasteiger partial charge in [0.05, 0.1) is 0 Å². The molecular weight excluding hydrogens is 250 g/mol. The number of nitrogens with one attached hydrogen (secondary N) is 1. The fourth-order valence-electron chi connectivity index (χ4n) is 1.73. The lowest BCUT2D eigenvalue weighted by Gasteiger charge is -2.21. The fourth-order valence-corrected chi connectivity index (χ4v) is 1.73. The van der Waals surface area contributed by atoms with Crippen LogP contribution < -0.4 is 10.2 Å². The maximum Gasteiger partial charge on any atom is 0.409 e. The first-order valence-electron chi connectivity index (χ1n) is 5.60. The topological polar surface area (TPSA) is 79.0 Å². The summed E-state index contributed by atoms with van der Waals surface area (Å²) in [6, 6.07) is 8.01. The Labute approximate surface area is 109 Å². The second-order valence-corrected chi connectivity index (χ2v) is 3.89. The van der Waals surface area contributed by atoms with E-state index in [0.717, 1.165) is 9.80 Å². The minimum Gasteiger partial charge on any atom is -0.415 e. The number of anilines is 1. The number of carbonyl (C=O) groups excluding carboxylic acids is 3. The van der Waals surface area contributed by atoms with E-state index in [1.807, 2.05) is 0 Å². The van der Waals surface area contributed by atoms with Crippen LogP contribution in [0, 0.1) is 0 Å². The van der Waals surface area contributed by atoms with Gasteiger partial charge in [-0.2, -0.15) is 0 Å². The van der Waals surface area contributed by atoms with Crippen molar-refractivity contribution < 1.29 is 19.1 Å². The minimum absolute atomic E-state index is 0.485. The maximum absolute atomic E-state index is 12.0. The number of rotatable bonds is 2. The molecule has 2 rings (SSSR count). The Balaban J connectivity index is 2.34. The number of ether oxygens (including phenoxy) is 1. The minimum atomic E-state index is -1.28. The van der Waals surface area contributed by atoms with Crippen molar-refractivity contribution in [3.63, 3.8) is 0 Å². The molecule has 0 radical (unpaired) electrons. The van der Waals surface area contributed by atoms with Gasteiger partial charge >= 0.3 is 12.1 Å². The molecule has 1 aromatic carbocycles. The molecule has 1 atom stereocenters. The first-order valence-corrected chi connectivity index (χ1v) is 5.60. The molecule has 0 aliphatic carbocycles. The maximum atomic E-state index is 12.0. The molecule has 1 saturated heterocycles. The summed E-state index contributed by atoms with van der Waals surface area (Å²) in [5, 5.41) is 2.24. The normalized spacial score (nSPS) is 18.7. The van der Waals surface area contributed by atoms with Crippen molar-refractivity contribution in [3.8, 4) is 0 Å². The van der Waals surface area contributed by atoms with E-state index in [2.05, 4.69) is 5.32 Å². The average Bonchev–Trinajstić information content (AvgIpc) is 2.64. The Hall–Kier alpha value is -2.57. The fraction of sp³-hybridized carbons (Fsp3) is 0.250. The Morgan fingerprint density at radius 1 is 1.26 bits per heavy atom. The number of carbonyl (C=O) groups is 3. The molecule has 1 aromatic rings. The van der Waals surface area contributed by atoms with Gasteiger partial charge < -0.3 is 10.1 Å². The van der Waals surface area contributed by atoms with Crippen molar-refractivity contribution in [3.05, 3.63) is 30.3 Å². The molecule has 7 heteroatoms. The molecule has 1 fully saturated rings. The monoisotopic (exact) mass is 263 g/mol. The third-order valence-electron chi connectivity index (χ3n) is 2.73. The van der Waals surface area contributed by atoms with E-state index in [0.29, 0.717) is 5.69 Å². The van der Waals surface area contributed by atoms with Crippen LogP contribution in [-0.2, 0) is 9.53 Å². The number of nitrogens with zero attached hydrogens (tertiary/aromatic N) is 2. The average molecular weight is 263 g/mol. The second-order valence-electron chi connectivity index (χ2n) is 3.89. The Morgan fingerprint density at radius 3 is 2.47 bits per heavy atom. The third kappa shape index (κ3) is 2.22. The van der Waals surface area contributed by atoms with E-state index in [4.69, 9.17) is 4.74 Å². The zero-order valence-electron chi connectivity index (χ0n) is 10.5. The molecule has 4 amide bonds. The summed E-state index contributed by atoms with van der Waals surface area (Å²) >= 11 is 0. The summed E-state index contributed by atoms with van der Waals surface area (Å²) in [6.07, 6.45) is -2.05. The van der Waals surface area contributed by atoms with Crippen molar-refractivity contribution in [2.24, 2.45) is 0 Å². The van der Waals surface area contributed by atoms with E-state index in [9.17, 15) is 14.4 Å². The summed E-state index contributed by atoms with van der Waals surface area (Å²) in [5.41, 5.74) is 0.485. The van der Waals surface area contributed by atoms with Crippen LogP contribution in [0.1, 0.15) is 0 Å². The van der Waals surface area contributed by atoms with Gasteiger partial charge in [0.15, 0.2) is 0 Å². The lowest BCUT2D eigenvalue weighted by molar-refractivity contribution is -0.132. The molecule has 0 aromatic heterocycles. The van der Waals surface area contributed by atoms with Crippen LogP contribution in [0.4, 0.5) is 15.3 Å². The molecule has 0 spiro atoms. The van der Waals surface area contributed by atoms with E-state index in [-0.39, 0.29) is 0 Å². The number of para-hydroxylation sites is 1. The molecule has 1 aliphatic heterocycles. The predicted molar refractivity (Wildman–Crippen MR) is 66.4 cm³/mol. The lowest BCUT2D eigenvalue weighted by atomic mass is 10.3. The molecule has 1 unspecified atom stereocenters. The van der Waals surface area contributed by atoms with Crippen LogP contribution in [0.2, 0.25) is 0 Å². The summed E-state index contributed by atoms with van der Waals surface area (Å²) in [4.78, 5) is 37.2.